The lowest BCUT2D eigenvalue weighted by molar-refractivity contribution is 0.317. The molecule has 0 saturated carbocycles. The summed E-state index contributed by atoms with van der Waals surface area (Å²) in [6.45, 7) is 3.72. The van der Waals surface area contributed by atoms with E-state index in [9.17, 15) is 0 Å². The van der Waals surface area contributed by atoms with Crippen LogP contribution in [0.3, 0.4) is 0 Å². The molecule has 0 fully saturated rings. The van der Waals surface area contributed by atoms with E-state index in [2.05, 4.69) is 11.8 Å². The van der Waals surface area contributed by atoms with Crippen LogP contribution in [0.5, 0.6) is 5.75 Å². The number of rotatable bonds is 6. The standard InChI is InChI=1S/C13H22N2O/c1-4-9-16-12-7-5-11(6-8-12)13(14)10-15(2)3/h5-8,13H,4,9-10,14H2,1-3H3. The predicted octanol–water partition coefficient (Wildman–Crippen LogP) is 2.04. The summed E-state index contributed by atoms with van der Waals surface area (Å²) in [5, 5.41) is 0. The van der Waals surface area contributed by atoms with E-state index < -0.39 is 0 Å². The molecule has 0 spiro atoms. The molecular formula is C13H22N2O. The Morgan fingerprint density at radius 3 is 2.38 bits per heavy atom. The van der Waals surface area contributed by atoms with Gasteiger partial charge in [0.2, 0.25) is 0 Å². The van der Waals surface area contributed by atoms with Gasteiger partial charge in [-0.05, 0) is 38.2 Å². The molecule has 3 heteroatoms. The van der Waals surface area contributed by atoms with E-state index in [0.29, 0.717) is 0 Å². The largest absolute Gasteiger partial charge is 0.494 e. The van der Waals surface area contributed by atoms with Crippen LogP contribution in [0, 0.1) is 0 Å². The second-order valence-electron chi connectivity index (χ2n) is 4.29. The molecule has 3 nitrogen and oxygen atoms in total. The van der Waals surface area contributed by atoms with Crippen molar-refractivity contribution in [2.45, 2.75) is 19.4 Å². The summed E-state index contributed by atoms with van der Waals surface area (Å²) in [5.41, 5.74) is 7.21. The summed E-state index contributed by atoms with van der Waals surface area (Å²) >= 11 is 0. The van der Waals surface area contributed by atoms with Gasteiger partial charge in [-0.2, -0.15) is 0 Å². The zero-order valence-corrected chi connectivity index (χ0v) is 10.4. The molecule has 0 heterocycles. The molecule has 1 aromatic rings. The third-order valence-electron chi connectivity index (χ3n) is 2.34. The Balaban J connectivity index is 2.56. The van der Waals surface area contributed by atoms with Crippen LogP contribution in [-0.4, -0.2) is 32.1 Å². The lowest BCUT2D eigenvalue weighted by Gasteiger charge is -2.17. The third-order valence-corrected chi connectivity index (χ3v) is 2.34. The fourth-order valence-corrected chi connectivity index (χ4v) is 1.53. The minimum atomic E-state index is 0.0650. The van der Waals surface area contributed by atoms with E-state index in [-0.39, 0.29) is 6.04 Å². The molecule has 0 bridgehead atoms. The van der Waals surface area contributed by atoms with E-state index in [1.165, 1.54) is 0 Å². The number of likely N-dealkylation sites (N-methyl/N-ethyl adjacent to an activating group) is 1. The van der Waals surface area contributed by atoms with Gasteiger partial charge in [0.05, 0.1) is 6.61 Å². The van der Waals surface area contributed by atoms with Crippen LogP contribution in [0.15, 0.2) is 24.3 Å². The van der Waals surface area contributed by atoms with Crippen LogP contribution < -0.4 is 10.5 Å². The molecular weight excluding hydrogens is 200 g/mol. The monoisotopic (exact) mass is 222 g/mol. The van der Waals surface area contributed by atoms with Crippen LogP contribution in [0.1, 0.15) is 24.9 Å². The van der Waals surface area contributed by atoms with Crippen molar-refractivity contribution in [2.24, 2.45) is 5.73 Å². The minimum absolute atomic E-state index is 0.0650. The Morgan fingerprint density at radius 2 is 1.88 bits per heavy atom. The molecule has 0 aromatic heterocycles. The second kappa shape index (κ2) is 6.51. The molecule has 0 saturated heterocycles. The van der Waals surface area contributed by atoms with Crippen LogP contribution in [-0.2, 0) is 0 Å². The van der Waals surface area contributed by atoms with Crippen LogP contribution in [0.2, 0.25) is 0 Å². The van der Waals surface area contributed by atoms with Crippen LogP contribution in [0.4, 0.5) is 0 Å². The number of hydrogen-bond acceptors (Lipinski definition) is 3. The predicted molar refractivity (Wildman–Crippen MR) is 67.7 cm³/mol. The van der Waals surface area contributed by atoms with Gasteiger partial charge in [-0.3, -0.25) is 0 Å². The van der Waals surface area contributed by atoms with Gasteiger partial charge in [-0.1, -0.05) is 19.1 Å². The van der Waals surface area contributed by atoms with Crippen molar-refractivity contribution in [2.75, 3.05) is 27.2 Å². The van der Waals surface area contributed by atoms with Crippen molar-refractivity contribution in [1.29, 1.82) is 0 Å². The molecule has 1 rings (SSSR count). The Bertz CT molecular complexity index is 295. The molecule has 1 aromatic carbocycles. The molecule has 90 valence electrons. The van der Waals surface area contributed by atoms with Gasteiger partial charge in [0, 0.05) is 12.6 Å². The fraction of sp³-hybridized carbons (Fsp3) is 0.538. The molecule has 16 heavy (non-hydrogen) atoms. The van der Waals surface area contributed by atoms with Gasteiger partial charge in [0.1, 0.15) is 5.75 Å². The van der Waals surface area contributed by atoms with Gasteiger partial charge in [-0.15, -0.1) is 0 Å². The van der Waals surface area contributed by atoms with Gasteiger partial charge in [-0.25, -0.2) is 0 Å². The Labute approximate surface area is 98.2 Å². The van der Waals surface area contributed by atoms with Crippen molar-refractivity contribution in [1.82, 2.24) is 4.90 Å². The molecule has 1 atom stereocenters. The van der Waals surface area contributed by atoms with E-state index in [1.807, 2.05) is 38.4 Å². The lowest BCUT2D eigenvalue weighted by atomic mass is 10.1. The summed E-state index contributed by atoms with van der Waals surface area (Å²) in [5.74, 6) is 0.919. The van der Waals surface area contributed by atoms with Crippen LogP contribution >= 0.6 is 0 Å². The van der Waals surface area contributed by atoms with Gasteiger partial charge in [0.15, 0.2) is 0 Å². The van der Waals surface area contributed by atoms with Gasteiger partial charge < -0.3 is 15.4 Å². The number of nitrogens with zero attached hydrogens (tertiary/aromatic N) is 1. The minimum Gasteiger partial charge on any atom is -0.494 e. The highest BCUT2D eigenvalue weighted by atomic mass is 16.5. The maximum atomic E-state index is 6.06. The SMILES string of the molecule is CCCOc1ccc(C(N)CN(C)C)cc1. The van der Waals surface area contributed by atoms with Gasteiger partial charge >= 0.3 is 0 Å². The van der Waals surface area contributed by atoms with E-state index in [4.69, 9.17) is 10.5 Å². The molecule has 0 amide bonds. The van der Waals surface area contributed by atoms with Crippen LogP contribution in [0.25, 0.3) is 0 Å². The number of nitrogens with two attached hydrogens (primary N) is 1. The number of benzene rings is 1. The Hall–Kier alpha value is -1.06. The van der Waals surface area contributed by atoms with Crippen molar-refractivity contribution >= 4 is 0 Å². The topological polar surface area (TPSA) is 38.5 Å². The van der Waals surface area contributed by atoms with E-state index in [0.717, 1.165) is 30.9 Å². The summed E-state index contributed by atoms with van der Waals surface area (Å²) in [7, 11) is 4.05. The van der Waals surface area contributed by atoms with Crippen molar-refractivity contribution < 1.29 is 4.74 Å². The molecule has 0 radical (unpaired) electrons. The van der Waals surface area contributed by atoms with Crippen molar-refractivity contribution in [3.63, 3.8) is 0 Å². The first kappa shape index (κ1) is 13.0. The molecule has 1 unspecified atom stereocenters. The maximum absolute atomic E-state index is 6.06. The van der Waals surface area contributed by atoms with E-state index >= 15 is 0 Å². The molecule has 0 aliphatic carbocycles. The van der Waals surface area contributed by atoms with Crippen molar-refractivity contribution in [3.8, 4) is 5.75 Å². The van der Waals surface area contributed by atoms with E-state index in [1.54, 1.807) is 0 Å². The summed E-state index contributed by atoms with van der Waals surface area (Å²) < 4.78 is 5.52. The zero-order valence-electron chi connectivity index (χ0n) is 10.4. The molecule has 0 aliphatic rings. The summed E-state index contributed by atoms with van der Waals surface area (Å²) in [6, 6.07) is 8.12. The lowest BCUT2D eigenvalue weighted by Crippen LogP contribution is -2.25. The average Bonchev–Trinajstić information content (AvgIpc) is 2.26. The zero-order chi connectivity index (χ0) is 12.0. The number of ether oxygens (including phenoxy) is 1. The highest BCUT2D eigenvalue weighted by molar-refractivity contribution is 5.29. The summed E-state index contributed by atoms with van der Waals surface area (Å²) in [6.07, 6.45) is 1.03. The quantitative estimate of drug-likeness (QED) is 0.800. The average molecular weight is 222 g/mol. The normalized spacial score (nSPS) is 12.8. The highest BCUT2D eigenvalue weighted by Gasteiger charge is 2.06. The molecule has 2 N–H and O–H groups in total. The van der Waals surface area contributed by atoms with Gasteiger partial charge in [0.25, 0.3) is 0 Å². The first-order valence-electron chi connectivity index (χ1n) is 5.76. The third kappa shape index (κ3) is 4.21. The Morgan fingerprint density at radius 1 is 1.25 bits per heavy atom. The molecule has 0 aliphatic heterocycles. The maximum Gasteiger partial charge on any atom is 0.119 e. The second-order valence-corrected chi connectivity index (χ2v) is 4.29. The Kier molecular flexibility index (Phi) is 5.29. The highest BCUT2D eigenvalue weighted by Crippen LogP contribution is 2.16. The fourth-order valence-electron chi connectivity index (χ4n) is 1.53. The van der Waals surface area contributed by atoms with Crippen molar-refractivity contribution in [3.05, 3.63) is 29.8 Å². The first-order valence-corrected chi connectivity index (χ1v) is 5.76. The number of hydrogen-bond donors (Lipinski definition) is 1. The smallest absolute Gasteiger partial charge is 0.119 e. The summed E-state index contributed by atoms with van der Waals surface area (Å²) in [4.78, 5) is 2.09. The first-order chi connectivity index (χ1) is 7.63.